The molecule has 1 heterocycles. The molecule has 0 atom stereocenters. The maximum Gasteiger partial charge on any atom is 0.221 e. The van der Waals surface area contributed by atoms with E-state index < -0.39 is 0 Å². The van der Waals surface area contributed by atoms with Crippen LogP contribution < -0.4 is 15.2 Å². The van der Waals surface area contributed by atoms with Gasteiger partial charge in [0.25, 0.3) is 0 Å². The van der Waals surface area contributed by atoms with E-state index >= 15 is 0 Å². The number of hydrogen-bond acceptors (Lipinski definition) is 4. The molecule has 2 aromatic carbocycles. The summed E-state index contributed by atoms with van der Waals surface area (Å²) < 4.78 is 11.4. The van der Waals surface area contributed by atoms with E-state index in [1.54, 1.807) is 13.2 Å². The molecule has 2 N–H and O–H groups in total. The summed E-state index contributed by atoms with van der Waals surface area (Å²) in [7, 11) is 1.59. The zero-order valence-electron chi connectivity index (χ0n) is 16.2. The van der Waals surface area contributed by atoms with Gasteiger partial charge in [0, 0.05) is 22.0 Å². The standard InChI is InChI=1S/C22H23ClN2O3/c1-4-7-28-22-17(11-15(23)12-20(22)27-3)18-8-13(2)16-6-5-14(10-21(24)26)9-19(16)25-18/h5-6,8-9,11-12H,4,7,10H2,1-3H3,(H2,24,26). The predicted octanol–water partition coefficient (Wildman–Crippen LogP) is 4.69. The Labute approximate surface area is 169 Å². The second kappa shape index (κ2) is 8.48. The predicted molar refractivity (Wildman–Crippen MR) is 112 cm³/mol. The number of fused-ring (bicyclic) bond motifs is 1. The molecule has 0 saturated carbocycles. The molecule has 146 valence electrons. The Hall–Kier alpha value is -2.79. The van der Waals surface area contributed by atoms with E-state index in [0.29, 0.717) is 23.1 Å². The molecular weight excluding hydrogens is 376 g/mol. The fourth-order valence-corrected chi connectivity index (χ4v) is 3.37. The van der Waals surface area contributed by atoms with Crippen molar-refractivity contribution in [1.29, 1.82) is 0 Å². The molecule has 0 aliphatic heterocycles. The number of nitrogens with two attached hydrogens (primary N) is 1. The topological polar surface area (TPSA) is 74.4 Å². The van der Waals surface area contributed by atoms with Crippen molar-refractivity contribution in [2.24, 2.45) is 5.73 Å². The third-order valence-electron chi connectivity index (χ3n) is 4.43. The van der Waals surface area contributed by atoms with Crippen LogP contribution in [0.25, 0.3) is 22.2 Å². The highest BCUT2D eigenvalue weighted by Gasteiger charge is 2.17. The molecule has 0 bridgehead atoms. The molecule has 3 rings (SSSR count). The van der Waals surface area contributed by atoms with Crippen LogP contribution in [0, 0.1) is 6.92 Å². The quantitative estimate of drug-likeness (QED) is 0.626. The molecule has 0 aliphatic rings. The van der Waals surface area contributed by atoms with Crippen molar-refractivity contribution in [3.8, 4) is 22.8 Å². The number of methoxy groups -OCH3 is 1. The van der Waals surface area contributed by atoms with Gasteiger partial charge in [-0.1, -0.05) is 30.7 Å². The zero-order valence-corrected chi connectivity index (χ0v) is 17.0. The fraction of sp³-hybridized carbons (Fsp3) is 0.273. The van der Waals surface area contributed by atoms with E-state index in [0.717, 1.165) is 39.7 Å². The lowest BCUT2D eigenvalue weighted by molar-refractivity contribution is -0.117. The van der Waals surface area contributed by atoms with Gasteiger partial charge < -0.3 is 15.2 Å². The number of nitrogens with zero attached hydrogens (tertiary/aromatic N) is 1. The Bertz CT molecular complexity index is 1030. The Balaban J connectivity index is 2.19. The molecular formula is C22H23ClN2O3. The highest BCUT2D eigenvalue weighted by Crippen LogP contribution is 2.41. The maximum absolute atomic E-state index is 11.3. The van der Waals surface area contributed by atoms with E-state index in [1.807, 2.05) is 44.2 Å². The zero-order chi connectivity index (χ0) is 20.3. The van der Waals surface area contributed by atoms with Crippen LogP contribution in [-0.2, 0) is 11.2 Å². The largest absolute Gasteiger partial charge is 0.493 e. The van der Waals surface area contributed by atoms with Crippen LogP contribution in [0.3, 0.4) is 0 Å². The second-order valence-corrected chi connectivity index (χ2v) is 7.09. The number of carbonyl (C=O) groups excluding carboxylic acids is 1. The lowest BCUT2D eigenvalue weighted by Crippen LogP contribution is -2.13. The van der Waals surface area contributed by atoms with Gasteiger partial charge >= 0.3 is 0 Å². The van der Waals surface area contributed by atoms with E-state index in [4.69, 9.17) is 31.8 Å². The van der Waals surface area contributed by atoms with Crippen LogP contribution in [0.15, 0.2) is 36.4 Å². The molecule has 5 nitrogen and oxygen atoms in total. The SMILES string of the molecule is CCCOc1c(OC)cc(Cl)cc1-c1cc(C)c2ccc(CC(N)=O)cc2n1. The van der Waals surface area contributed by atoms with Crippen LogP contribution in [0.4, 0.5) is 0 Å². The van der Waals surface area contributed by atoms with Gasteiger partial charge in [0.1, 0.15) is 0 Å². The summed E-state index contributed by atoms with van der Waals surface area (Å²) >= 11 is 6.31. The molecule has 0 fully saturated rings. The van der Waals surface area contributed by atoms with Gasteiger partial charge in [-0.05, 0) is 42.7 Å². The summed E-state index contributed by atoms with van der Waals surface area (Å²) in [6.45, 7) is 4.62. The third kappa shape index (κ3) is 4.20. The fourth-order valence-electron chi connectivity index (χ4n) is 3.16. The van der Waals surface area contributed by atoms with Crippen LogP contribution in [0.1, 0.15) is 24.5 Å². The van der Waals surface area contributed by atoms with Gasteiger partial charge in [0.15, 0.2) is 11.5 Å². The molecule has 0 aliphatic carbocycles. The van der Waals surface area contributed by atoms with Gasteiger partial charge in [0.05, 0.1) is 31.3 Å². The van der Waals surface area contributed by atoms with Crippen molar-refractivity contribution in [3.05, 3.63) is 52.5 Å². The number of aromatic nitrogens is 1. The van der Waals surface area contributed by atoms with E-state index in [-0.39, 0.29) is 12.3 Å². The van der Waals surface area contributed by atoms with Crippen molar-refractivity contribution in [2.45, 2.75) is 26.7 Å². The number of pyridine rings is 1. The molecule has 28 heavy (non-hydrogen) atoms. The lowest BCUT2D eigenvalue weighted by atomic mass is 10.0. The minimum Gasteiger partial charge on any atom is -0.493 e. The van der Waals surface area contributed by atoms with E-state index in [2.05, 4.69) is 0 Å². The van der Waals surface area contributed by atoms with Crippen LogP contribution in [0.5, 0.6) is 11.5 Å². The second-order valence-electron chi connectivity index (χ2n) is 6.65. The summed E-state index contributed by atoms with van der Waals surface area (Å²) in [6.07, 6.45) is 1.04. The van der Waals surface area contributed by atoms with Gasteiger partial charge in [-0.3, -0.25) is 4.79 Å². The average molecular weight is 399 g/mol. The normalized spacial score (nSPS) is 10.9. The Kier molecular flexibility index (Phi) is 6.05. The molecule has 1 amide bonds. The van der Waals surface area contributed by atoms with Gasteiger partial charge in [-0.15, -0.1) is 0 Å². The van der Waals surface area contributed by atoms with Crippen molar-refractivity contribution < 1.29 is 14.3 Å². The maximum atomic E-state index is 11.3. The number of carbonyl (C=O) groups is 1. The third-order valence-corrected chi connectivity index (χ3v) is 4.64. The molecule has 0 saturated heterocycles. The summed E-state index contributed by atoms with van der Waals surface area (Å²) in [5.41, 5.74) is 9.50. The van der Waals surface area contributed by atoms with E-state index in [9.17, 15) is 4.79 Å². The molecule has 3 aromatic rings. The van der Waals surface area contributed by atoms with Crippen molar-refractivity contribution in [1.82, 2.24) is 4.98 Å². The van der Waals surface area contributed by atoms with E-state index in [1.165, 1.54) is 0 Å². The number of rotatable bonds is 7. The Morgan fingerprint density at radius 1 is 1.21 bits per heavy atom. The number of hydrogen-bond donors (Lipinski definition) is 1. The van der Waals surface area contributed by atoms with Crippen LogP contribution in [-0.4, -0.2) is 24.6 Å². The van der Waals surface area contributed by atoms with Gasteiger partial charge in [0.2, 0.25) is 5.91 Å². The number of benzene rings is 2. The minimum absolute atomic E-state index is 0.177. The van der Waals surface area contributed by atoms with Gasteiger partial charge in [-0.2, -0.15) is 0 Å². The van der Waals surface area contributed by atoms with Crippen molar-refractivity contribution >= 4 is 28.4 Å². The summed E-state index contributed by atoms with van der Waals surface area (Å²) in [6, 6.07) is 11.3. The highest BCUT2D eigenvalue weighted by molar-refractivity contribution is 6.31. The van der Waals surface area contributed by atoms with Gasteiger partial charge in [-0.25, -0.2) is 4.98 Å². The number of amides is 1. The van der Waals surface area contributed by atoms with Crippen molar-refractivity contribution in [3.63, 3.8) is 0 Å². The minimum atomic E-state index is -0.373. The number of halogens is 1. The Morgan fingerprint density at radius 3 is 2.68 bits per heavy atom. The summed E-state index contributed by atoms with van der Waals surface area (Å²) in [5, 5.41) is 1.56. The summed E-state index contributed by atoms with van der Waals surface area (Å²) in [4.78, 5) is 16.1. The first-order chi connectivity index (χ1) is 13.4. The van der Waals surface area contributed by atoms with Crippen LogP contribution >= 0.6 is 11.6 Å². The average Bonchev–Trinajstić information content (AvgIpc) is 2.65. The number of aryl methyl sites for hydroxylation is 1. The monoisotopic (exact) mass is 398 g/mol. The lowest BCUT2D eigenvalue weighted by Gasteiger charge is -2.16. The number of primary amides is 1. The number of ether oxygens (including phenoxy) is 2. The first-order valence-electron chi connectivity index (χ1n) is 9.12. The highest BCUT2D eigenvalue weighted by atomic mass is 35.5. The molecule has 6 heteroatoms. The first kappa shape index (κ1) is 20.0. The smallest absolute Gasteiger partial charge is 0.221 e. The Morgan fingerprint density at radius 2 is 2.00 bits per heavy atom. The molecule has 0 unspecified atom stereocenters. The van der Waals surface area contributed by atoms with Crippen LogP contribution in [0.2, 0.25) is 5.02 Å². The van der Waals surface area contributed by atoms with Crippen molar-refractivity contribution in [2.75, 3.05) is 13.7 Å². The summed E-state index contributed by atoms with van der Waals surface area (Å²) in [5.74, 6) is 0.813. The first-order valence-corrected chi connectivity index (χ1v) is 9.50. The molecule has 1 aromatic heterocycles. The molecule has 0 radical (unpaired) electrons. The molecule has 0 spiro atoms.